The molecular formula is C12H16N4. The van der Waals surface area contributed by atoms with Crippen molar-refractivity contribution >= 4 is 5.69 Å². The molecule has 84 valence electrons. The highest BCUT2D eigenvalue weighted by Gasteiger charge is 2.09. The molecule has 0 saturated carbocycles. The number of nitrogen functional groups attached to an aromatic ring is 1. The molecule has 0 aromatic carbocycles. The van der Waals surface area contributed by atoms with Gasteiger partial charge in [-0.2, -0.15) is 5.10 Å². The molecule has 4 heteroatoms. The number of hydrogen-bond acceptors (Lipinski definition) is 3. The van der Waals surface area contributed by atoms with Crippen molar-refractivity contribution < 1.29 is 0 Å². The number of nitrogens with zero attached hydrogens (tertiary/aromatic N) is 3. The van der Waals surface area contributed by atoms with Crippen LogP contribution in [0.4, 0.5) is 5.69 Å². The molecule has 0 spiro atoms. The highest BCUT2D eigenvalue weighted by atomic mass is 15.3. The Balaban J connectivity index is 2.54. The molecule has 16 heavy (non-hydrogen) atoms. The Morgan fingerprint density at radius 3 is 2.75 bits per heavy atom. The van der Waals surface area contributed by atoms with Gasteiger partial charge in [0.2, 0.25) is 0 Å². The maximum absolute atomic E-state index is 5.90. The summed E-state index contributed by atoms with van der Waals surface area (Å²) in [5, 5.41) is 4.54. The number of aromatic nitrogens is 3. The van der Waals surface area contributed by atoms with Crippen molar-refractivity contribution in [1.29, 1.82) is 0 Å². The maximum atomic E-state index is 5.90. The number of rotatable bonds is 3. The van der Waals surface area contributed by atoms with Gasteiger partial charge in [0.1, 0.15) is 0 Å². The Hall–Kier alpha value is -1.84. The third-order valence-corrected chi connectivity index (χ3v) is 2.61. The molecule has 2 aromatic heterocycles. The van der Waals surface area contributed by atoms with Crippen LogP contribution in [-0.2, 0) is 12.8 Å². The summed E-state index contributed by atoms with van der Waals surface area (Å²) in [6, 6.07) is 4.01. The SMILES string of the molecule is CCc1cc(CC)n(-c2ccncc2N)n1. The van der Waals surface area contributed by atoms with Gasteiger partial charge >= 0.3 is 0 Å². The van der Waals surface area contributed by atoms with Crippen molar-refractivity contribution in [2.24, 2.45) is 0 Å². The van der Waals surface area contributed by atoms with E-state index in [0.29, 0.717) is 5.69 Å². The van der Waals surface area contributed by atoms with Gasteiger partial charge in [-0.25, -0.2) is 4.68 Å². The second-order valence-corrected chi connectivity index (χ2v) is 3.68. The number of hydrogen-bond donors (Lipinski definition) is 1. The first-order valence-electron chi connectivity index (χ1n) is 5.54. The van der Waals surface area contributed by atoms with Gasteiger partial charge in [0, 0.05) is 11.9 Å². The molecule has 2 heterocycles. The summed E-state index contributed by atoms with van der Waals surface area (Å²) in [7, 11) is 0. The minimum absolute atomic E-state index is 0.656. The smallest absolute Gasteiger partial charge is 0.0909 e. The van der Waals surface area contributed by atoms with Crippen molar-refractivity contribution in [3.63, 3.8) is 0 Å². The van der Waals surface area contributed by atoms with Crippen LogP contribution in [0.1, 0.15) is 25.2 Å². The molecule has 0 aliphatic rings. The number of anilines is 1. The summed E-state index contributed by atoms with van der Waals surface area (Å²) in [5.41, 5.74) is 9.73. The molecule has 0 aliphatic heterocycles. The summed E-state index contributed by atoms with van der Waals surface area (Å²) in [4.78, 5) is 3.99. The zero-order valence-corrected chi connectivity index (χ0v) is 9.64. The first-order chi connectivity index (χ1) is 7.76. The van der Waals surface area contributed by atoms with Crippen LogP contribution in [0.15, 0.2) is 24.5 Å². The zero-order chi connectivity index (χ0) is 11.5. The van der Waals surface area contributed by atoms with Gasteiger partial charge in [0.25, 0.3) is 0 Å². The zero-order valence-electron chi connectivity index (χ0n) is 9.64. The van der Waals surface area contributed by atoms with E-state index in [4.69, 9.17) is 5.73 Å². The first-order valence-corrected chi connectivity index (χ1v) is 5.54. The van der Waals surface area contributed by atoms with Gasteiger partial charge < -0.3 is 5.73 Å². The lowest BCUT2D eigenvalue weighted by atomic mass is 10.2. The quantitative estimate of drug-likeness (QED) is 0.853. The molecule has 0 aliphatic carbocycles. The van der Waals surface area contributed by atoms with E-state index in [1.165, 1.54) is 5.69 Å². The molecule has 2 rings (SSSR count). The van der Waals surface area contributed by atoms with Crippen LogP contribution in [0.25, 0.3) is 5.69 Å². The molecular weight excluding hydrogens is 200 g/mol. The molecule has 0 atom stereocenters. The van der Waals surface area contributed by atoms with Crippen molar-refractivity contribution in [2.45, 2.75) is 26.7 Å². The highest BCUT2D eigenvalue weighted by molar-refractivity contribution is 5.55. The van der Waals surface area contributed by atoms with Crippen LogP contribution < -0.4 is 5.73 Å². The molecule has 0 radical (unpaired) electrons. The molecule has 0 fully saturated rings. The van der Waals surface area contributed by atoms with E-state index in [1.807, 2.05) is 10.7 Å². The Labute approximate surface area is 95.1 Å². The van der Waals surface area contributed by atoms with Gasteiger partial charge in [0.05, 0.1) is 23.3 Å². The van der Waals surface area contributed by atoms with Gasteiger partial charge in [-0.05, 0) is 25.0 Å². The summed E-state index contributed by atoms with van der Waals surface area (Å²) in [5.74, 6) is 0. The fourth-order valence-corrected chi connectivity index (χ4v) is 1.70. The predicted octanol–water partition coefficient (Wildman–Crippen LogP) is 1.97. The average molecular weight is 216 g/mol. The van der Waals surface area contributed by atoms with E-state index < -0.39 is 0 Å². The Morgan fingerprint density at radius 1 is 1.31 bits per heavy atom. The second-order valence-electron chi connectivity index (χ2n) is 3.68. The third-order valence-electron chi connectivity index (χ3n) is 2.61. The Bertz CT molecular complexity index is 488. The van der Waals surface area contributed by atoms with Crippen LogP contribution in [-0.4, -0.2) is 14.8 Å². The topological polar surface area (TPSA) is 56.7 Å². The van der Waals surface area contributed by atoms with Gasteiger partial charge in [-0.1, -0.05) is 13.8 Å². The summed E-state index contributed by atoms with van der Waals surface area (Å²) >= 11 is 0. The predicted molar refractivity (Wildman–Crippen MR) is 64.5 cm³/mol. The fourth-order valence-electron chi connectivity index (χ4n) is 1.70. The van der Waals surface area contributed by atoms with Crippen LogP contribution in [0, 0.1) is 0 Å². The number of nitrogens with two attached hydrogens (primary N) is 1. The molecule has 0 saturated heterocycles. The van der Waals surface area contributed by atoms with Gasteiger partial charge in [-0.15, -0.1) is 0 Å². The summed E-state index contributed by atoms with van der Waals surface area (Å²) < 4.78 is 1.91. The van der Waals surface area contributed by atoms with Gasteiger partial charge in [-0.3, -0.25) is 4.98 Å². The Morgan fingerprint density at radius 2 is 2.12 bits per heavy atom. The molecule has 0 bridgehead atoms. The van der Waals surface area contributed by atoms with E-state index >= 15 is 0 Å². The molecule has 0 unspecified atom stereocenters. The lowest BCUT2D eigenvalue weighted by molar-refractivity contribution is 0.794. The molecule has 2 aromatic rings. The van der Waals surface area contributed by atoms with Crippen molar-refractivity contribution in [3.05, 3.63) is 35.9 Å². The highest BCUT2D eigenvalue weighted by Crippen LogP contribution is 2.18. The second kappa shape index (κ2) is 4.35. The van der Waals surface area contributed by atoms with E-state index in [9.17, 15) is 0 Å². The van der Waals surface area contributed by atoms with Crippen molar-refractivity contribution in [2.75, 3.05) is 5.73 Å². The van der Waals surface area contributed by atoms with Crippen LogP contribution in [0.3, 0.4) is 0 Å². The van der Waals surface area contributed by atoms with Crippen LogP contribution >= 0.6 is 0 Å². The lowest BCUT2D eigenvalue weighted by Gasteiger charge is -2.07. The summed E-state index contributed by atoms with van der Waals surface area (Å²) in [6.45, 7) is 4.21. The number of pyridine rings is 1. The van der Waals surface area contributed by atoms with E-state index in [-0.39, 0.29) is 0 Å². The Kier molecular flexibility index (Phi) is 2.90. The molecule has 2 N–H and O–H groups in total. The minimum Gasteiger partial charge on any atom is -0.396 e. The standard InChI is InChI=1S/C12H16N4/c1-3-9-7-10(4-2)16(15-9)12-5-6-14-8-11(12)13/h5-8H,3-4,13H2,1-2H3. The summed E-state index contributed by atoms with van der Waals surface area (Å²) in [6.07, 6.45) is 5.26. The lowest BCUT2D eigenvalue weighted by Crippen LogP contribution is -2.05. The normalized spacial score (nSPS) is 10.6. The van der Waals surface area contributed by atoms with Crippen LogP contribution in [0.2, 0.25) is 0 Å². The fraction of sp³-hybridized carbons (Fsp3) is 0.333. The van der Waals surface area contributed by atoms with Crippen molar-refractivity contribution in [3.8, 4) is 5.69 Å². The first kappa shape index (κ1) is 10.7. The maximum Gasteiger partial charge on any atom is 0.0909 e. The minimum atomic E-state index is 0.656. The number of aryl methyl sites for hydroxylation is 2. The monoisotopic (exact) mass is 216 g/mol. The van der Waals surface area contributed by atoms with E-state index in [2.05, 4.69) is 30.0 Å². The molecule has 0 amide bonds. The van der Waals surface area contributed by atoms with Crippen LogP contribution in [0.5, 0.6) is 0 Å². The van der Waals surface area contributed by atoms with Crippen molar-refractivity contribution in [1.82, 2.24) is 14.8 Å². The van der Waals surface area contributed by atoms with E-state index in [0.717, 1.165) is 24.2 Å². The average Bonchev–Trinajstić information content (AvgIpc) is 2.72. The third kappa shape index (κ3) is 1.78. The van der Waals surface area contributed by atoms with Gasteiger partial charge in [0.15, 0.2) is 0 Å². The largest absolute Gasteiger partial charge is 0.396 e. The molecule has 4 nitrogen and oxygen atoms in total. The van der Waals surface area contributed by atoms with E-state index in [1.54, 1.807) is 12.4 Å².